The fourth-order valence-electron chi connectivity index (χ4n) is 8.79. The fourth-order valence-corrected chi connectivity index (χ4v) is 8.79. The van der Waals surface area contributed by atoms with Crippen LogP contribution in [0.5, 0.6) is 0 Å². The normalized spacial score (nSPS) is 31.6. The molecule has 11 atom stereocenters. The van der Waals surface area contributed by atoms with Gasteiger partial charge in [0.05, 0.1) is 18.6 Å². The van der Waals surface area contributed by atoms with Crippen molar-refractivity contribution >= 4 is 17.5 Å². The first-order valence-electron chi connectivity index (χ1n) is 20.3. The molecule has 10 heteroatoms. The SMILES string of the molecule is CCC[C@H](/C=C(\C)C[C@H](C)CCC1O[C@@](O)(CC(=O)N2CCCCC2C(O)[OH2+])[C@H](C)C[C@@H]1OC)C(=O)CC[C@@H](C)C/C(C)=C/[C@@H]1CCC(O)C(=O)C1. The van der Waals surface area contributed by atoms with Gasteiger partial charge in [-0.15, -0.1) is 0 Å². The zero-order chi connectivity index (χ0) is 38.6. The van der Waals surface area contributed by atoms with E-state index in [1.54, 1.807) is 12.0 Å². The van der Waals surface area contributed by atoms with Crippen molar-refractivity contribution in [3.8, 4) is 0 Å². The number of hydrogen-bond donors (Lipinski definition) is 3. The largest absolute Gasteiger partial charge is 0.420 e. The molecular weight excluding hydrogens is 662 g/mol. The third-order valence-corrected chi connectivity index (χ3v) is 11.9. The Morgan fingerprint density at radius 2 is 1.77 bits per heavy atom. The lowest BCUT2D eigenvalue weighted by atomic mass is 9.83. The highest BCUT2D eigenvalue weighted by atomic mass is 16.6. The molecule has 0 radical (unpaired) electrons. The van der Waals surface area contributed by atoms with Gasteiger partial charge < -0.3 is 34.8 Å². The monoisotopic (exact) mass is 735 g/mol. The van der Waals surface area contributed by atoms with Crippen molar-refractivity contribution < 1.29 is 44.3 Å². The van der Waals surface area contributed by atoms with E-state index in [9.17, 15) is 29.7 Å². The summed E-state index contributed by atoms with van der Waals surface area (Å²) < 4.78 is 12.1. The maximum atomic E-state index is 13.4. The number of ketones is 2. The van der Waals surface area contributed by atoms with Crippen LogP contribution in [0.2, 0.25) is 0 Å². The molecule has 1 saturated carbocycles. The molecule has 0 aromatic carbocycles. The van der Waals surface area contributed by atoms with Gasteiger partial charge in [-0.25, -0.2) is 0 Å². The third kappa shape index (κ3) is 13.4. The van der Waals surface area contributed by atoms with Crippen molar-refractivity contribution in [3.63, 3.8) is 0 Å². The molecule has 0 aromatic rings. The Labute approximate surface area is 313 Å². The minimum Gasteiger partial charge on any atom is -0.420 e. The van der Waals surface area contributed by atoms with Gasteiger partial charge in [-0.3, -0.25) is 14.4 Å². The number of aliphatic hydroxyl groups is 3. The van der Waals surface area contributed by atoms with E-state index in [4.69, 9.17) is 14.6 Å². The average molecular weight is 735 g/mol. The maximum absolute atomic E-state index is 13.4. The van der Waals surface area contributed by atoms with Gasteiger partial charge in [0, 0.05) is 38.3 Å². The number of Topliss-reactive ketones (excluding diaryl/α,β-unsaturated/α-hetero) is 2. The maximum Gasteiger partial charge on any atom is 0.282 e. The summed E-state index contributed by atoms with van der Waals surface area (Å²) in [6.07, 6.45) is 12.4. The van der Waals surface area contributed by atoms with Gasteiger partial charge in [-0.1, -0.05) is 57.4 Å². The molecule has 5 N–H and O–H groups in total. The van der Waals surface area contributed by atoms with Crippen LogP contribution in [-0.2, 0) is 23.9 Å². The molecule has 2 aliphatic heterocycles. The second-order valence-corrected chi connectivity index (χ2v) is 16.8. The number of likely N-dealkylation sites (tertiary alicyclic amines) is 1. The number of carbonyl (C=O) groups excluding carboxylic acids is 3. The predicted octanol–water partition coefficient (Wildman–Crippen LogP) is 6.15. The Balaban J connectivity index is 1.51. The van der Waals surface area contributed by atoms with Crippen molar-refractivity contribution in [1.82, 2.24) is 4.90 Å². The first-order chi connectivity index (χ1) is 24.6. The molecule has 0 aromatic heterocycles. The molecule has 10 nitrogen and oxygen atoms in total. The van der Waals surface area contributed by atoms with E-state index in [0.29, 0.717) is 62.7 Å². The molecule has 0 bridgehead atoms. The Kier molecular flexibility index (Phi) is 18.1. The smallest absolute Gasteiger partial charge is 0.282 e. The number of carbonyl (C=O) groups is 3. The summed E-state index contributed by atoms with van der Waals surface area (Å²) in [5, 5.41) is 39.2. The molecule has 0 spiro atoms. The Morgan fingerprint density at radius 3 is 2.42 bits per heavy atom. The first kappa shape index (κ1) is 44.4. The number of ether oxygens (including phenoxy) is 2. The van der Waals surface area contributed by atoms with Gasteiger partial charge in [0.25, 0.3) is 6.29 Å². The molecule has 2 heterocycles. The van der Waals surface area contributed by atoms with Gasteiger partial charge in [0.1, 0.15) is 17.9 Å². The number of nitrogens with zero attached hydrogens (tertiary/aromatic N) is 1. The third-order valence-electron chi connectivity index (χ3n) is 11.9. The van der Waals surface area contributed by atoms with Crippen molar-refractivity contribution in [2.24, 2.45) is 29.6 Å². The Hall–Kier alpha value is -1.95. The second kappa shape index (κ2) is 21.2. The van der Waals surface area contributed by atoms with E-state index in [2.05, 4.69) is 46.8 Å². The topological polar surface area (TPSA) is 156 Å². The van der Waals surface area contributed by atoms with E-state index < -0.39 is 24.2 Å². The lowest BCUT2D eigenvalue weighted by Gasteiger charge is -2.46. The molecule has 298 valence electrons. The first-order valence-corrected chi connectivity index (χ1v) is 20.3. The standard InChI is InChI=1S/C42H71NO9/c1-8-11-33(35(44)16-13-27(2)20-29(4)22-32-15-17-36(45)37(46)25-32)23-30(5)21-28(3)14-18-38-39(51-7)24-31(6)42(50,52-38)26-40(47)43-19-10-9-12-34(43)41(48)49/h22-23,27-28,31-34,36,38-39,41,45,48-50H,8-21,24-26H2,1-7H3/p+1/b29-22+,30-23+/t27-,28-,31-,32+,33-,34?,36?,38?,39+,42+/m1/s1. The Morgan fingerprint density at radius 1 is 1.08 bits per heavy atom. The molecule has 2 saturated heterocycles. The lowest BCUT2D eigenvalue weighted by Crippen LogP contribution is -2.57. The second-order valence-electron chi connectivity index (χ2n) is 16.8. The highest BCUT2D eigenvalue weighted by Crippen LogP contribution is 2.39. The van der Waals surface area contributed by atoms with Crippen LogP contribution in [-0.4, -0.2) is 92.9 Å². The number of amides is 1. The van der Waals surface area contributed by atoms with Gasteiger partial charge in [0.2, 0.25) is 5.91 Å². The van der Waals surface area contributed by atoms with Gasteiger partial charge in [-0.2, -0.15) is 0 Å². The number of piperidine rings is 1. The lowest BCUT2D eigenvalue weighted by molar-refractivity contribution is -0.306. The van der Waals surface area contributed by atoms with Crippen LogP contribution in [0.1, 0.15) is 144 Å². The van der Waals surface area contributed by atoms with E-state index in [1.807, 2.05) is 6.92 Å². The number of allylic oxidation sites excluding steroid dienone is 4. The number of aliphatic hydroxyl groups excluding tert-OH is 2. The summed E-state index contributed by atoms with van der Waals surface area (Å²) in [4.78, 5) is 40.3. The molecule has 52 heavy (non-hydrogen) atoms. The molecule has 1 aliphatic carbocycles. The number of methoxy groups -OCH3 is 1. The zero-order valence-electron chi connectivity index (χ0n) is 33.3. The Bertz CT molecular complexity index is 1220. The summed E-state index contributed by atoms with van der Waals surface area (Å²) in [6, 6.07) is -0.561. The van der Waals surface area contributed by atoms with E-state index in [1.165, 1.54) is 11.1 Å². The molecule has 3 rings (SSSR count). The minimum atomic E-state index is -1.65. The van der Waals surface area contributed by atoms with Gasteiger partial charge >= 0.3 is 0 Å². The van der Waals surface area contributed by atoms with E-state index in [-0.39, 0.29) is 48.1 Å². The fraction of sp³-hybridized carbons (Fsp3) is 0.833. The highest BCUT2D eigenvalue weighted by Gasteiger charge is 2.48. The summed E-state index contributed by atoms with van der Waals surface area (Å²) in [6.45, 7) is 13.1. The quantitative estimate of drug-likeness (QED) is 0.0811. The van der Waals surface area contributed by atoms with E-state index >= 15 is 0 Å². The van der Waals surface area contributed by atoms with Crippen LogP contribution in [0.25, 0.3) is 0 Å². The predicted molar refractivity (Wildman–Crippen MR) is 203 cm³/mol. The molecular formula is C42H72NO9+. The zero-order valence-corrected chi connectivity index (χ0v) is 33.3. The summed E-state index contributed by atoms with van der Waals surface area (Å²) in [5.41, 5.74) is 2.46. The molecule has 4 unspecified atom stereocenters. The molecule has 1 amide bonds. The molecule has 3 aliphatic rings. The van der Waals surface area contributed by atoms with E-state index in [0.717, 1.165) is 57.8 Å². The van der Waals surface area contributed by atoms with Crippen molar-refractivity contribution in [2.75, 3.05) is 13.7 Å². The van der Waals surface area contributed by atoms with Crippen LogP contribution in [0.15, 0.2) is 23.3 Å². The summed E-state index contributed by atoms with van der Waals surface area (Å²) >= 11 is 0. The number of rotatable bonds is 19. The summed E-state index contributed by atoms with van der Waals surface area (Å²) in [7, 11) is 1.66. The van der Waals surface area contributed by atoms with Gasteiger partial charge in [-0.05, 0) is 109 Å². The number of hydrogen-bond acceptors (Lipinski definition) is 8. The van der Waals surface area contributed by atoms with Crippen molar-refractivity contribution in [1.29, 1.82) is 0 Å². The highest BCUT2D eigenvalue weighted by molar-refractivity contribution is 5.84. The van der Waals surface area contributed by atoms with Crippen LogP contribution in [0.4, 0.5) is 0 Å². The van der Waals surface area contributed by atoms with Crippen molar-refractivity contribution in [3.05, 3.63) is 23.3 Å². The average Bonchev–Trinajstić information content (AvgIpc) is 3.08. The summed E-state index contributed by atoms with van der Waals surface area (Å²) in [5.74, 6) is -1.23. The minimum absolute atomic E-state index is 0.0553. The van der Waals surface area contributed by atoms with Crippen LogP contribution < -0.4 is 0 Å². The van der Waals surface area contributed by atoms with Crippen LogP contribution in [0.3, 0.4) is 0 Å². The van der Waals surface area contributed by atoms with Crippen molar-refractivity contribution in [2.45, 2.75) is 181 Å². The van der Waals surface area contributed by atoms with Crippen LogP contribution in [0, 0.1) is 29.6 Å². The molecule has 3 fully saturated rings. The van der Waals surface area contributed by atoms with Gasteiger partial charge in [0.15, 0.2) is 11.6 Å². The van der Waals surface area contributed by atoms with Crippen LogP contribution >= 0.6 is 0 Å².